The number of nitrogens with one attached hydrogen (secondary N) is 1. The molecule has 126 valence electrons. The molecule has 8 heteroatoms. The van der Waals surface area contributed by atoms with Crippen molar-refractivity contribution >= 4 is 17.4 Å². The number of amides is 2. The van der Waals surface area contributed by atoms with Crippen LogP contribution >= 0.6 is 0 Å². The lowest BCUT2D eigenvalue weighted by Crippen LogP contribution is -2.29. The molecule has 2 amide bonds. The molecule has 3 rings (SSSR count). The highest BCUT2D eigenvalue weighted by atomic mass is 19.4. The van der Waals surface area contributed by atoms with Gasteiger partial charge in [-0.25, -0.2) is 4.79 Å². The van der Waals surface area contributed by atoms with E-state index in [0.29, 0.717) is 17.9 Å². The smallest absolute Gasteiger partial charge is 0.406 e. The van der Waals surface area contributed by atoms with E-state index >= 15 is 0 Å². The van der Waals surface area contributed by atoms with E-state index in [-0.39, 0.29) is 17.8 Å². The van der Waals surface area contributed by atoms with E-state index < -0.39 is 6.36 Å². The largest absolute Gasteiger partial charge is 0.573 e. The highest BCUT2D eigenvalue weighted by molar-refractivity contribution is 5.95. The minimum Gasteiger partial charge on any atom is -0.406 e. The zero-order valence-electron chi connectivity index (χ0n) is 12.4. The number of benzene rings is 2. The molecular weight excluding hydrogens is 323 g/mol. The Morgan fingerprint density at radius 2 is 1.71 bits per heavy atom. The average molecular weight is 337 g/mol. The number of hydrogen-bond acceptors (Lipinski definition) is 3. The van der Waals surface area contributed by atoms with Gasteiger partial charge in [0, 0.05) is 17.9 Å². The lowest BCUT2D eigenvalue weighted by Gasteiger charge is -2.24. The van der Waals surface area contributed by atoms with Crippen LogP contribution in [0.3, 0.4) is 0 Å². The number of rotatable bonds is 3. The molecule has 0 saturated carbocycles. The third-order valence-electron chi connectivity index (χ3n) is 3.65. The molecule has 5 nitrogen and oxygen atoms in total. The molecule has 0 aliphatic carbocycles. The van der Waals surface area contributed by atoms with Crippen LogP contribution in [0.15, 0.2) is 48.5 Å². The number of ether oxygens (including phenoxy) is 1. The fraction of sp³-hybridized carbons (Fsp3) is 0.188. The Labute approximate surface area is 135 Å². The Hall–Kier alpha value is -2.90. The summed E-state index contributed by atoms with van der Waals surface area (Å²) in [4.78, 5) is 13.6. The second kappa shape index (κ2) is 5.95. The van der Waals surface area contributed by atoms with Crippen LogP contribution in [-0.2, 0) is 0 Å². The highest BCUT2D eigenvalue weighted by Crippen LogP contribution is 2.32. The molecule has 0 aromatic heterocycles. The van der Waals surface area contributed by atoms with Gasteiger partial charge in [-0.1, -0.05) is 12.1 Å². The molecule has 2 aromatic carbocycles. The Balaban J connectivity index is 1.85. The summed E-state index contributed by atoms with van der Waals surface area (Å²) in [7, 11) is 0. The van der Waals surface area contributed by atoms with E-state index in [9.17, 15) is 18.0 Å². The Bertz CT molecular complexity index is 730. The molecule has 0 radical (unpaired) electrons. The van der Waals surface area contributed by atoms with Gasteiger partial charge in [-0.3, -0.25) is 4.90 Å². The summed E-state index contributed by atoms with van der Waals surface area (Å²) < 4.78 is 40.5. The number of anilines is 2. The van der Waals surface area contributed by atoms with Crippen molar-refractivity contribution in [2.75, 3.05) is 17.2 Å². The number of carbonyl (C=O) groups excluding carboxylic acids is 1. The maximum atomic E-state index is 12.2. The molecule has 0 bridgehead atoms. The first kappa shape index (κ1) is 16.0. The van der Waals surface area contributed by atoms with Crippen LogP contribution in [0.25, 0.3) is 0 Å². The molecule has 3 N–H and O–H groups in total. The Morgan fingerprint density at radius 3 is 2.29 bits per heavy atom. The van der Waals surface area contributed by atoms with Gasteiger partial charge in [-0.2, -0.15) is 0 Å². The standard InChI is InChI=1S/C16H14F3N3O2/c17-16(18,19)24-13-7-5-12(6-8-13)22-14(9-21-15(22)23)10-1-3-11(20)4-2-10/h1-8,14H,9,20H2,(H,21,23). The fourth-order valence-electron chi connectivity index (χ4n) is 2.59. The minimum absolute atomic E-state index is 0.271. The van der Waals surface area contributed by atoms with E-state index in [1.165, 1.54) is 29.2 Å². The van der Waals surface area contributed by atoms with Crippen molar-refractivity contribution < 1.29 is 22.7 Å². The third-order valence-corrected chi connectivity index (χ3v) is 3.65. The van der Waals surface area contributed by atoms with Crippen LogP contribution in [0, 0.1) is 0 Å². The summed E-state index contributed by atoms with van der Waals surface area (Å²) in [6.07, 6.45) is -4.75. The number of nitrogens with two attached hydrogens (primary N) is 1. The SMILES string of the molecule is Nc1ccc(C2CNC(=O)N2c2ccc(OC(F)(F)F)cc2)cc1. The monoisotopic (exact) mass is 337 g/mol. The van der Waals surface area contributed by atoms with Gasteiger partial charge >= 0.3 is 12.4 Å². The summed E-state index contributed by atoms with van der Waals surface area (Å²) in [5.41, 5.74) is 7.62. The van der Waals surface area contributed by atoms with Gasteiger partial charge < -0.3 is 15.8 Å². The lowest BCUT2D eigenvalue weighted by atomic mass is 10.1. The second-order valence-electron chi connectivity index (χ2n) is 5.28. The Kier molecular flexibility index (Phi) is 3.96. The normalized spacial score (nSPS) is 17.7. The van der Waals surface area contributed by atoms with Gasteiger partial charge in [0.05, 0.1) is 6.04 Å². The quantitative estimate of drug-likeness (QED) is 0.843. The molecule has 24 heavy (non-hydrogen) atoms. The van der Waals surface area contributed by atoms with Crippen LogP contribution < -0.4 is 20.7 Å². The molecule has 1 saturated heterocycles. The molecule has 1 aliphatic heterocycles. The van der Waals surface area contributed by atoms with E-state index in [4.69, 9.17) is 5.73 Å². The lowest BCUT2D eigenvalue weighted by molar-refractivity contribution is -0.274. The van der Waals surface area contributed by atoms with Crippen molar-refractivity contribution in [1.82, 2.24) is 5.32 Å². The van der Waals surface area contributed by atoms with Gasteiger partial charge in [0.2, 0.25) is 0 Å². The fourth-order valence-corrected chi connectivity index (χ4v) is 2.59. The summed E-state index contributed by atoms with van der Waals surface area (Å²) >= 11 is 0. The number of nitrogens with zero attached hydrogens (tertiary/aromatic N) is 1. The summed E-state index contributed by atoms with van der Waals surface area (Å²) in [6.45, 7) is 0.392. The number of carbonyl (C=O) groups is 1. The number of urea groups is 1. The van der Waals surface area contributed by atoms with Crippen LogP contribution in [0.1, 0.15) is 11.6 Å². The van der Waals surface area contributed by atoms with E-state index in [0.717, 1.165) is 5.56 Å². The van der Waals surface area contributed by atoms with Gasteiger partial charge in [-0.05, 0) is 42.0 Å². The van der Waals surface area contributed by atoms with Crippen LogP contribution in [0.4, 0.5) is 29.3 Å². The van der Waals surface area contributed by atoms with Crippen molar-refractivity contribution in [3.05, 3.63) is 54.1 Å². The molecule has 2 aromatic rings. The molecule has 1 atom stereocenters. The zero-order valence-corrected chi connectivity index (χ0v) is 12.4. The van der Waals surface area contributed by atoms with Gasteiger partial charge in [-0.15, -0.1) is 13.2 Å². The van der Waals surface area contributed by atoms with Gasteiger partial charge in [0.1, 0.15) is 5.75 Å². The summed E-state index contributed by atoms with van der Waals surface area (Å²) in [5.74, 6) is -0.338. The first-order valence-electron chi connectivity index (χ1n) is 7.12. The number of hydrogen-bond donors (Lipinski definition) is 2. The summed E-state index contributed by atoms with van der Waals surface area (Å²) in [5, 5.41) is 2.73. The minimum atomic E-state index is -4.75. The number of halogens is 3. The van der Waals surface area contributed by atoms with Crippen molar-refractivity contribution in [3.8, 4) is 5.75 Å². The van der Waals surface area contributed by atoms with E-state index in [1.807, 2.05) is 12.1 Å². The van der Waals surface area contributed by atoms with E-state index in [2.05, 4.69) is 10.1 Å². The predicted molar refractivity (Wildman–Crippen MR) is 82.6 cm³/mol. The Morgan fingerprint density at radius 1 is 1.08 bits per heavy atom. The maximum absolute atomic E-state index is 12.2. The van der Waals surface area contributed by atoms with Crippen molar-refractivity contribution in [2.24, 2.45) is 0 Å². The van der Waals surface area contributed by atoms with Crippen molar-refractivity contribution in [3.63, 3.8) is 0 Å². The van der Waals surface area contributed by atoms with Gasteiger partial charge in [0.15, 0.2) is 0 Å². The second-order valence-corrected chi connectivity index (χ2v) is 5.28. The first-order valence-corrected chi connectivity index (χ1v) is 7.12. The highest BCUT2D eigenvalue weighted by Gasteiger charge is 2.34. The number of nitrogen functional groups attached to an aromatic ring is 1. The first-order chi connectivity index (χ1) is 11.3. The third kappa shape index (κ3) is 3.37. The van der Waals surface area contributed by atoms with E-state index in [1.54, 1.807) is 12.1 Å². The van der Waals surface area contributed by atoms with Crippen LogP contribution in [0.5, 0.6) is 5.75 Å². The zero-order chi connectivity index (χ0) is 17.3. The van der Waals surface area contributed by atoms with Crippen LogP contribution in [0.2, 0.25) is 0 Å². The van der Waals surface area contributed by atoms with Crippen molar-refractivity contribution in [1.29, 1.82) is 0 Å². The molecule has 0 spiro atoms. The molecule has 1 fully saturated rings. The number of alkyl halides is 3. The summed E-state index contributed by atoms with van der Waals surface area (Å²) in [6, 6.07) is 11.7. The maximum Gasteiger partial charge on any atom is 0.573 e. The molecule has 1 aliphatic rings. The van der Waals surface area contributed by atoms with Gasteiger partial charge in [0.25, 0.3) is 0 Å². The topological polar surface area (TPSA) is 67.6 Å². The van der Waals surface area contributed by atoms with Crippen LogP contribution in [-0.4, -0.2) is 18.9 Å². The molecule has 1 unspecified atom stereocenters. The molecule has 1 heterocycles. The predicted octanol–water partition coefficient (Wildman–Crippen LogP) is 3.44. The van der Waals surface area contributed by atoms with Crippen molar-refractivity contribution in [2.45, 2.75) is 12.4 Å². The molecular formula is C16H14F3N3O2. The average Bonchev–Trinajstić information content (AvgIpc) is 2.89.